The maximum atomic E-state index is 11.4. The van der Waals surface area contributed by atoms with Crippen molar-refractivity contribution in [2.24, 2.45) is 17.3 Å². The second-order valence-electron chi connectivity index (χ2n) is 5.18. The highest BCUT2D eigenvalue weighted by Crippen LogP contribution is 2.32. The van der Waals surface area contributed by atoms with E-state index in [4.69, 9.17) is 4.55 Å². The van der Waals surface area contributed by atoms with Gasteiger partial charge in [0.25, 0.3) is 11.6 Å². The van der Waals surface area contributed by atoms with Gasteiger partial charge in [-0.3, -0.25) is 19.3 Å². The van der Waals surface area contributed by atoms with Crippen LogP contribution in [0, 0.1) is 10.1 Å². The molecule has 0 saturated heterocycles. The van der Waals surface area contributed by atoms with E-state index >= 15 is 0 Å². The van der Waals surface area contributed by atoms with Crippen molar-refractivity contribution in [2.45, 2.75) is 6.92 Å². The van der Waals surface area contributed by atoms with Gasteiger partial charge in [-0.25, -0.2) is 4.18 Å². The molecular weight excluding hydrogens is 382 g/mol. The van der Waals surface area contributed by atoms with Gasteiger partial charge in [0.05, 0.1) is 11.5 Å². The zero-order valence-corrected chi connectivity index (χ0v) is 15.3. The minimum Gasteiger partial charge on any atom is -0.369 e. The average molecular weight is 399 g/mol. The van der Waals surface area contributed by atoms with Crippen LogP contribution >= 0.6 is 0 Å². The standard InChI is InChI=1S/C13H17N7O6S/c1-3-19(6-7-26-27(23,24)25)10-4-5-11(12(8-10)20(21)22)15-16-13-14-9-18(2)17-13/h4-5,8-9H,3,6-7H2,1-2H3,(H,23,24,25). The van der Waals surface area contributed by atoms with Crippen LogP contribution in [0.5, 0.6) is 0 Å². The normalized spacial score (nSPS) is 11.8. The molecule has 0 radical (unpaired) electrons. The number of nitrogens with zero attached hydrogens (tertiary/aromatic N) is 7. The summed E-state index contributed by atoms with van der Waals surface area (Å²) in [6.45, 7) is 1.98. The summed E-state index contributed by atoms with van der Waals surface area (Å²) in [5.74, 6) is 0.0634. The van der Waals surface area contributed by atoms with E-state index in [1.165, 1.54) is 23.1 Å². The third-order valence-corrected chi connectivity index (χ3v) is 3.80. The summed E-state index contributed by atoms with van der Waals surface area (Å²) in [6, 6.07) is 4.27. The van der Waals surface area contributed by atoms with Crippen LogP contribution in [-0.2, 0) is 21.6 Å². The van der Waals surface area contributed by atoms with Crippen LogP contribution in [0.3, 0.4) is 0 Å². The molecule has 0 atom stereocenters. The SMILES string of the molecule is CCN(CCOS(=O)(=O)O)c1ccc(N=Nc2ncn(C)n2)c([N+](=O)[O-])c1. The van der Waals surface area contributed by atoms with Gasteiger partial charge in [0.2, 0.25) is 0 Å². The van der Waals surface area contributed by atoms with Gasteiger partial charge >= 0.3 is 10.4 Å². The molecule has 0 bridgehead atoms. The fourth-order valence-electron chi connectivity index (χ4n) is 2.13. The number of nitro benzene ring substituents is 1. The van der Waals surface area contributed by atoms with Crippen LogP contribution in [-0.4, -0.2) is 52.4 Å². The number of rotatable bonds is 9. The molecule has 0 spiro atoms. The summed E-state index contributed by atoms with van der Waals surface area (Å²) in [6.07, 6.45) is 1.42. The molecule has 27 heavy (non-hydrogen) atoms. The van der Waals surface area contributed by atoms with Gasteiger partial charge in [-0.1, -0.05) is 0 Å². The largest absolute Gasteiger partial charge is 0.397 e. The third-order valence-electron chi connectivity index (χ3n) is 3.33. The van der Waals surface area contributed by atoms with Crippen molar-refractivity contribution in [1.29, 1.82) is 0 Å². The van der Waals surface area contributed by atoms with Crippen molar-refractivity contribution in [3.63, 3.8) is 0 Å². The molecule has 0 aliphatic carbocycles. The first-order valence-corrected chi connectivity index (χ1v) is 8.98. The Bertz CT molecular complexity index is 942. The Kier molecular flexibility index (Phi) is 6.49. The van der Waals surface area contributed by atoms with E-state index in [2.05, 4.69) is 24.5 Å². The second kappa shape index (κ2) is 8.61. The van der Waals surface area contributed by atoms with Crippen LogP contribution in [0.15, 0.2) is 34.8 Å². The number of aryl methyl sites for hydroxylation is 1. The van der Waals surface area contributed by atoms with Crippen LogP contribution in [0.2, 0.25) is 0 Å². The molecule has 2 aromatic rings. The van der Waals surface area contributed by atoms with Crippen LogP contribution in [0.1, 0.15) is 6.92 Å². The van der Waals surface area contributed by atoms with E-state index in [1.807, 2.05) is 0 Å². The molecule has 1 N–H and O–H groups in total. The fourth-order valence-corrected chi connectivity index (χ4v) is 2.42. The zero-order chi connectivity index (χ0) is 20.0. The molecule has 0 aliphatic heterocycles. The molecule has 0 amide bonds. The Morgan fingerprint density at radius 3 is 2.70 bits per heavy atom. The van der Waals surface area contributed by atoms with E-state index < -0.39 is 15.3 Å². The maximum Gasteiger partial charge on any atom is 0.397 e. The van der Waals surface area contributed by atoms with Crippen molar-refractivity contribution < 1.29 is 22.1 Å². The lowest BCUT2D eigenvalue weighted by Gasteiger charge is -2.22. The first-order valence-electron chi connectivity index (χ1n) is 7.62. The number of hydrogen-bond donors (Lipinski definition) is 1. The lowest BCUT2D eigenvalue weighted by atomic mass is 10.2. The Balaban J connectivity index is 2.22. The number of hydrogen-bond acceptors (Lipinski definition) is 10. The predicted molar refractivity (Wildman–Crippen MR) is 93.7 cm³/mol. The van der Waals surface area contributed by atoms with Crippen molar-refractivity contribution >= 4 is 33.4 Å². The molecule has 0 aliphatic rings. The average Bonchev–Trinajstić information content (AvgIpc) is 3.01. The van der Waals surface area contributed by atoms with Gasteiger partial charge in [-0.05, 0) is 19.1 Å². The van der Waals surface area contributed by atoms with E-state index in [0.29, 0.717) is 12.2 Å². The van der Waals surface area contributed by atoms with Crippen LogP contribution < -0.4 is 4.90 Å². The molecule has 1 aromatic heterocycles. The quantitative estimate of drug-likeness (QED) is 0.286. The van der Waals surface area contributed by atoms with Gasteiger partial charge in [-0.15, -0.1) is 15.3 Å². The van der Waals surface area contributed by atoms with Crippen LogP contribution in [0.25, 0.3) is 0 Å². The number of azo groups is 1. The third kappa shape index (κ3) is 6.05. The zero-order valence-electron chi connectivity index (χ0n) is 14.5. The molecule has 13 nitrogen and oxygen atoms in total. The highest BCUT2D eigenvalue weighted by molar-refractivity contribution is 7.80. The van der Waals surface area contributed by atoms with Gasteiger partial charge in [-0.2, -0.15) is 13.4 Å². The minimum absolute atomic E-state index is 0.0152. The van der Waals surface area contributed by atoms with E-state index in [-0.39, 0.29) is 30.5 Å². The minimum atomic E-state index is -4.55. The summed E-state index contributed by atoms with van der Waals surface area (Å²) in [5, 5.41) is 22.8. The summed E-state index contributed by atoms with van der Waals surface area (Å²) in [5.41, 5.74) is 0.181. The molecular formula is C13H17N7O6S. The number of aromatic nitrogens is 3. The number of anilines is 1. The molecule has 146 valence electrons. The van der Waals surface area contributed by atoms with Crippen LogP contribution in [0.4, 0.5) is 23.0 Å². The number of benzene rings is 1. The lowest BCUT2D eigenvalue weighted by molar-refractivity contribution is -0.384. The van der Waals surface area contributed by atoms with Gasteiger partial charge in [0.1, 0.15) is 6.33 Å². The Morgan fingerprint density at radius 1 is 1.41 bits per heavy atom. The Morgan fingerprint density at radius 2 is 2.15 bits per heavy atom. The number of nitro groups is 1. The topological polar surface area (TPSA) is 165 Å². The molecule has 1 heterocycles. The predicted octanol–water partition coefficient (Wildman–Crippen LogP) is 1.78. The lowest BCUT2D eigenvalue weighted by Crippen LogP contribution is -2.28. The molecule has 0 saturated carbocycles. The Labute approximate surface area is 154 Å². The second-order valence-corrected chi connectivity index (χ2v) is 6.27. The summed E-state index contributed by atoms with van der Waals surface area (Å²) < 4.78 is 35.5. The molecule has 14 heteroatoms. The number of likely N-dealkylation sites (N-methyl/N-ethyl adjacent to an activating group) is 1. The Hall–Kier alpha value is -2.97. The van der Waals surface area contributed by atoms with Crippen molar-refractivity contribution in [1.82, 2.24) is 14.8 Å². The highest BCUT2D eigenvalue weighted by atomic mass is 32.3. The first-order chi connectivity index (χ1) is 12.7. The molecule has 1 aromatic carbocycles. The summed E-state index contributed by atoms with van der Waals surface area (Å²) >= 11 is 0. The van der Waals surface area contributed by atoms with Gasteiger partial charge in [0, 0.05) is 31.9 Å². The molecule has 2 rings (SSSR count). The highest BCUT2D eigenvalue weighted by Gasteiger charge is 2.17. The fraction of sp³-hybridized carbons (Fsp3) is 0.385. The summed E-state index contributed by atoms with van der Waals surface area (Å²) in [7, 11) is -2.90. The van der Waals surface area contributed by atoms with E-state index in [0.717, 1.165) is 0 Å². The van der Waals surface area contributed by atoms with E-state index in [1.54, 1.807) is 24.9 Å². The monoisotopic (exact) mass is 399 g/mol. The molecule has 0 unspecified atom stereocenters. The van der Waals surface area contributed by atoms with E-state index in [9.17, 15) is 18.5 Å². The van der Waals surface area contributed by atoms with Crippen molar-refractivity contribution in [2.75, 3.05) is 24.6 Å². The smallest absolute Gasteiger partial charge is 0.369 e. The van der Waals surface area contributed by atoms with Gasteiger partial charge in [0.15, 0.2) is 5.69 Å². The van der Waals surface area contributed by atoms with Crippen molar-refractivity contribution in [3.8, 4) is 0 Å². The van der Waals surface area contributed by atoms with Crippen molar-refractivity contribution in [3.05, 3.63) is 34.6 Å². The first kappa shape index (κ1) is 20.3. The summed E-state index contributed by atoms with van der Waals surface area (Å²) in [4.78, 5) is 16.2. The maximum absolute atomic E-state index is 11.4. The molecule has 0 fully saturated rings. The van der Waals surface area contributed by atoms with Gasteiger partial charge < -0.3 is 4.90 Å².